The number of hydrogen-bond donors (Lipinski definition) is 2. The Morgan fingerprint density at radius 2 is 1.80 bits per heavy atom. The Kier molecular flexibility index (Phi) is 5.05. The molecule has 0 saturated heterocycles. The van der Waals surface area contributed by atoms with Crippen LogP contribution in [-0.4, -0.2) is 9.97 Å². The van der Waals surface area contributed by atoms with Gasteiger partial charge >= 0.3 is 0 Å². The monoisotopic (exact) mass is 354 g/mol. The lowest BCUT2D eigenvalue weighted by atomic mass is 10.1. The van der Waals surface area contributed by atoms with E-state index in [-0.39, 0.29) is 0 Å². The molecule has 0 aliphatic carbocycles. The van der Waals surface area contributed by atoms with E-state index in [2.05, 4.69) is 22.2 Å². The van der Waals surface area contributed by atoms with E-state index in [4.69, 9.17) is 22.1 Å². The fourth-order valence-electron chi connectivity index (χ4n) is 2.28. The summed E-state index contributed by atoms with van der Waals surface area (Å²) in [6, 6.07) is 13.4. The van der Waals surface area contributed by atoms with Gasteiger partial charge in [-0.25, -0.2) is 4.98 Å². The van der Waals surface area contributed by atoms with Crippen molar-refractivity contribution in [3.63, 3.8) is 0 Å². The third-order valence-corrected chi connectivity index (χ3v) is 4.17. The van der Waals surface area contributed by atoms with E-state index in [0.29, 0.717) is 34.7 Å². The summed E-state index contributed by atoms with van der Waals surface area (Å²) in [6.45, 7) is 4.66. The molecule has 0 unspecified atom stereocenters. The van der Waals surface area contributed by atoms with Crippen LogP contribution < -0.4 is 15.8 Å². The molecule has 2 aromatic carbocycles. The van der Waals surface area contributed by atoms with Crippen molar-refractivity contribution in [1.29, 1.82) is 0 Å². The lowest BCUT2D eigenvalue weighted by Crippen LogP contribution is -2.06. The van der Waals surface area contributed by atoms with E-state index < -0.39 is 0 Å². The molecule has 0 spiro atoms. The molecule has 6 heteroatoms. The first kappa shape index (κ1) is 17.0. The van der Waals surface area contributed by atoms with Crippen molar-refractivity contribution in [1.82, 2.24) is 9.97 Å². The molecule has 0 aliphatic heterocycles. The van der Waals surface area contributed by atoms with Crippen molar-refractivity contribution in [3.05, 3.63) is 70.5 Å². The molecule has 1 heterocycles. The summed E-state index contributed by atoms with van der Waals surface area (Å²) >= 11 is 5.90. The van der Waals surface area contributed by atoms with Crippen molar-refractivity contribution in [2.75, 3.05) is 11.1 Å². The van der Waals surface area contributed by atoms with E-state index in [0.717, 1.165) is 11.1 Å². The molecule has 1 aromatic heterocycles. The summed E-state index contributed by atoms with van der Waals surface area (Å²) in [6.07, 6.45) is 1.43. The summed E-state index contributed by atoms with van der Waals surface area (Å²) in [5.41, 5.74) is 9.94. The number of rotatable bonds is 5. The van der Waals surface area contributed by atoms with Crippen molar-refractivity contribution >= 4 is 23.1 Å². The number of aromatic nitrogens is 2. The van der Waals surface area contributed by atoms with Gasteiger partial charge in [0.15, 0.2) is 5.82 Å². The molecule has 5 nitrogen and oxygen atoms in total. The lowest BCUT2D eigenvalue weighted by molar-refractivity contribution is 0.464. The summed E-state index contributed by atoms with van der Waals surface area (Å²) in [5.74, 6) is 1.55. The second kappa shape index (κ2) is 7.40. The Balaban J connectivity index is 1.75. The van der Waals surface area contributed by atoms with E-state index >= 15 is 0 Å². The third kappa shape index (κ3) is 4.19. The maximum atomic E-state index is 6.15. The van der Waals surface area contributed by atoms with Crippen LogP contribution in [0, 0.1) is 13.8 Å². The van der Waals surface area contributed by atoms with Crippen molar-refractivity contribution in [2.45, 2.75) is 20.4 Å². The minimum atomic E-state index is 0.330. The van der Waals surface area contributed by atoms with Gasteiger partial charge in [0.2, 0.25) is 5.88 Å². The summed E-state index contributed by atoms with van der Waals surface area (Å²) in [4.78, 5) is 8.33. The maximum absolute atomic E-state index is 6.15. The molecule has 3 N–H and O–H groups in total. The van der Waals surface area contributed by atoms with Crippen LogP contribution in [0.2, 0.25) is 5.02 Å². The number of halogens is 1. The van der Waals surface area contributed by atoms with Gasteiger partial charge in [0.1, 0.15) is 17.8 Å². The van der Waals surface area contributed by atoms with Gasteiger partial charge in [-0.2, -0.15) is 4.98 Å². The zero-order valence-corrected chi connectivity index (χ0v) is 14.8. The van der Waals surface area contributed by atoms with Gasteiger partial charge in [0.05, 0.1) is 0 Å². The molecule has 0 aliphatic rings. The number of aryl methyl sites for hydroxylation is 2. The minimum absolute atomic E-state index is 0.330. The first-order valence-corrected chi connectivity index (χ1v) is 8.24. The average molecular weight is 355 g/mol. The Bertz CT molecular complexity index is 881. The van der Waals surface area contributed by atoms with Gasteiger partial charge in [0, 0.05) is 11.6 Å². The number of ether oxygens (including phenoxy) is 1. The largest absolute Gasteiger partial charge is 0.437 e. The van der Waals surface area contributed by atoms with Crippen molar-refractivity contribution < 1.29 is 4.74 Å². The Morgan fingerprint density at radius 3 is 2.52 bits per heavy atom. The van der Waals surface area contributed by atoms with Gasteiger partial charge in [-0.3, -0.25) is 0 Å². The number of benzene rings is 2. The van der Waals surface area contributed by atoms with Crippen LogP contribution in [0.15, 0.2) is 48.8 Å². The molecule has 0 amide bonds. The molecule has 0 saturated carbocycles. The Hall–Kier alpha value is -2.79. The smallest absolute Gasteiger partial charge is 0.248 e. The number of nitrogens with one attached hydrogen (secondary N) is 1. The topological polar surface area (TPSA) is 73.1 Å². The molecular formula is C19H19ClN4O. The van der Waals surface area contributed by atoms with Crippen LogP contribution in [0.3, 0.4) is 0 Å². The third-order valence-electron chi connectivity index (χ3n) is 3.91. The summed E-state index contributed by atoms with van der Waals surface area (Å²) < 4.78 is 5.82. The van der Waals surface area contributed by atoms with Gasteiger partial charge in [-0.05, 0) is 54.8 Å². The van der Waals surface area contributed by atoms with Gasteiger partial charge in [-0.1, -0.05) is 29.8 Å². The molecule has 128 valence electrons. The molecule has 0 radical (unpaired) electrons. The van der Waals surface area contributed by atoms with Crippen LogP contribution in [0.25, 0.3) is 0 Å². The van der Waals surface area contributed by atoms with E-state index in [1.807, 2.05) is 49.4 Å². The highest BCUT2D eigenvalue weighted by atomic mass is 35.5. The van der Waals surface area contributed by atoms with Crippen LogP contribution in [0.5, 0.6) is 11.6 Å². The number of hydrogen-bond acceptors (Lipinski definition) is 5. The van der Waals surface area contributed by atoms with E-state index in [9.17, 15) is 0 Å². The number of anilines is 2. The first-order valence-electron chi connectivity index (χ1n) is 7.87. The number of nitrogens with two attached hydrogens (primary N) is 1. The zero-order chi connectivity index (χ0) is 17.8. The molecule has 0 atom stereocenters. The van der Waals surface area contributed by atoms with Crippen LogP contribution >= 0.6 is 11.6 Å². The van der Waals surface area contributed by atoms with Crippen LogP contribution in [0.4, 0.5) is 11.5 Å². The van der Waals surface area contributed by atoms with E-state index in [1.54, 1.807) is 0 Å². The molecule has 25 heavy (non-hydrogen) atoms. The predicted molar refractivity (Wildman–Crippen MR) is 101 cm³/mol. The average Bonchev–Trinajstić information content (AvgIpc) is 2.60. The number of nitrogen functional groups attached to an aromatic ring is 1. The SMILES string of the molecule is Cc1ccc(Oc2ncnc(NCc3ccc(Cl)cc3)c2N)cc1C. The Labute approximate surface area is 151 Å². The molecule has 3 rings (SSSR count). The highest BCUT2D eigenvalue weighted by Gasteiger charge is 2.10. The van der Waals surface area contributed by atoms with Gasteiger partial charge in [0.25, 0.3) is 0 Å². The fourth-order valence-corrected chi connectivity index (χ4v) is 2.40. The Morgan fingerprint density at radius 1 is 1.04 bits per heavy atom. The van der Waals surface area contributed by atoms with E-state index in [1.165, 1.54) is 11.9 Å². The number of nitrogens with zero attached hydrogens (tertiary/aromatic N) is 2. The second-order valence-corrected chi connectivity index (χ2v) is 6.21. The first-order chi connectivity index (χ1) is 12.0. The van der Waals surface area contributed by atoms with Crippen LogP contribution in [0.1, 0.15) is 16.7 Å². The van der Waals surface area contributed by atoms with Gasteiger partial charge < -0.3 is 15.8 Å². The highest BCUT2D eigenvalue weighted by molar-refractivity contribution is 6.30. The normalized spacial score (nSPS) is 10.5. The molecule has 3 aromatic rings. The van der Waals surface area contributed by atoms with Crippen molar-refractivity contribution in [3.8, 4) is 11.6 Å². The predicted octanol–water partition coefficient (Wildman–Crippen LogP) is 4.73. The standard InChI is InChI=1S/C19H19ClN4O/c1-12-3-8-16(9-13(12)2)25-19-17(21)18(23-11-24-19)22-10-14-4-6-15(20)7-5-14/h3-9,11H,10,21H2,1-2H3,(H,22,23,24). The molecule has 0 fully saturated rings. The quantitative estimate of drug-likeness (QED) is 0.692. The maximum Gasteiger partial charge on any atom is 0.248 e. The van der Waals surface area contributed by atoms with Crippen molar-refractivity contribution in [2.24, 2.45) is 0 Å². The molecular weight excluding hydrogens is 336 g/mol. The highest BCUT2D eigenvalue weighted by Crippen LogP contribution is 2.30. The fraction of sp³-hybridized carbons (Fsp3) is 0.158. The summed E-state index contributed by atoms with van der Waals surface area (Å²) in [7, 11) is 0. The van der Waals surface area contributed by atoms with Gasteiger partial charge in [-0.15, -0.1) is 0 Å². The zero-order valence-electron chi connectivity index (χ0n) is 14.1. The lowest BCUT2D eigenvalue weighted by Gasteiger charge is -2.12. The minimum Gasteiger partial charge on any atom is -0.437 e. The molecule has 0 bridgehead atoms. The summed E-state index contributed by atoms with van der Waals surface area (Å²) in [5, 5.41) is 3.90. The van der Waals surface area contributed by atoms with Crippen LogP contribution in [-0.2, 0) is 6.54 Å². The second-order valence-electron chi connectivity index (χ2n) is 5.77.